The standard InChI is InChI=1S/C26H29F4NO3/c1-24(34,26(28,29)30)18-8-6-17(7-9-18)23(33)31(19-10-11-19)20-12-14-25(16-32,15-13-20)21-4-2-3-5-22(21)27/h2-9,19-20,32,34H,10-16H2,1H3. The van der Waals surface area contributed by atoms with Gasteiger partial charge in [-0.05, 0) is 74.8 Å². The average Bonchev–Trinajstić information content (AvgIpc) is 3.64. The summed E-state index contributed by atoms with van der Waals surface area (Å²) >= 11 is 0. The molecule has 1 atom stereocenters. The fraction of sp³-hybridized carbons (Fsp3) is 0.500. The lowest BCUT2D eigenvalue weighted by atomic mass is 9.68. The van der Waals surface area contributed by atoms with E-state index in [0.29, 0.717) is 38.2 Å². The molecule has 2 saturated carbocycles. The molecular weight excluding hydrogens is 450 g/mol. The van der Waals surface area contributed by atoms with Gasteiger partial charge in [-0.1, -0.05) is 30.3 Å². The molecule has 4 nitrogen and oxygen atoms in total. The Balaban J connectivity index is 1.52. The number of hydrogen-bond acceptors (Lipinski definition) is 3. The highest BCUT2D eigenvalue weighted by atomic mass is 19.4. The maximum absolute atomic E-state index is 14.5. The first-order valence-corrected chi connectivity index (χ1v) is 11.6. The van der Waals surface area contributed by atoms with Crippen LogP contribution < -0.4 is 0 Å². The first-order chi connectivity index (χ1) is 16.0. The summed E-state index contributed by atoms with van der Waals surface area (Å²) in [5.74, 6) is -0.604. The van der Waals surface area contributed by atoms with Gasteiger partial charge in [0, 0.05) is 23.1 Å². The number of amides is 1. The Morgan fingerprint density at radius 2 is 1.56 bits per heavy atom. The molecule has 0 aliphatic heterocycles. The number of carbonyl (C=O) groups is 1. The zero-order valence-electron chi connectivity index (χ0n) is 19.0. The molecule has 2 N–H and O–H groups in total. The molecular formula is C26H29F4NO3. The molecule has 2 aromatic rings. The van der Waals surface area contributed by atoms with Crippen LogP contribution >= 0.6 is 0 Å². The summed E-state index contributed by atoms with van der Waals surface area (Å²) in [5.41, 5.74) is -3.27. The van der Waals surface area contributed by atoms with E-state index in [1.807, 2.05) is 4.90 Å². The van der Waals surface area contributed by atoms with Crippen molar-refractivity contribution in [3.05, 3.63) is 71.0 Å². The molecule has 1 unspecified atom stereocenters. The van der Waals surface area contributed by atoms with E-state index in [4.69, 9.17) is 0 Å². The Morgan fingerprint density at radius 1 is 1.00 bits per heavy atom. The average molecular weight is 480 g/mol. The minimum Gasteiger partial charge on any atom is -0.395 e. The van der Waals surface area contributed by atoms with Gasteiger partial charge in [-0.15, -0.1) is 0 Å². The van der Waals surface area contributed by atoms with Crippen molar-refractivity contribution in [3.8, 4) is 0 Å². The molecule has 0 radical (unpaired) electrons. The molecule has 0 bridgehead atoms. The van der Waals surface area contributed by atoms with E-state index in [2.05, 4.69) is 0 Å². The molecule has 2 aliphatic carbocycles. The SMILES string of the molecule is CC(O)(c1ccc(C(=O)N(C2CC2)C2CCC(CO)(c3ccccc3F)CC2)cc1)C(F)(F)F. The zero-order valence-corrected chi connectivity index (χ0v) is 19.0. The van der Waals surface area contributed by atoms with E-state index in [0.717, 1.165) is 25.0 Å². The van der Waals surface area contributed by atoms with Crippen LogP contribution in [0.1, 0.15) is 66.9 Å². The highest BCUT2D eigenvalue weighted by molar-refractivity contribution is 5.95. The lowest BCUT2D eigenvalue weighted by Gasteiger charge is -2.43. The second kappa shape index (κ2) is 8.96. The minimum absolute atomic E-state index is 0.0746. The van der Waals surface area contributed by atoms with Gasteiger partial charge in [0.05, 0.1) is 6.61 Å². The van der Waals surface area contributed by atoms with E-state index >= 15 is 0 Å². The third kappa shape index (κ3) is 4.45. The topological polar surface area (TPSA) is 60.8 Å². The Hall–Kier alpha value is -2.45. The molecule has 2 aliphatic rings. The summed E-state index contributed by atoms with van der Waals surface area (Å²) < 4.78 is 53.9. The van der Waals surface area contributed by atoms with E-state index < -0.39 is 17.2 Å². The van der Waals surface area contributed by atoms with Gasteiger partial charge in [0.15, 0.2) is 5.60 Å². The number of rotatable bonds is 6. The second-order valence-electron chi connectivity index (χ2n) is 9.74. The van der Waals surface area contributed by atoms with Crippen molar-refractivity contribution in [1.29, 1.82) is 0 Å². The summed E-state index contributed by atoms with van der Waals surface area (Å²) in [6.45, 7) is 0.504. The number of benzene rings is 2. The Morgan fingerprint density at radius 3 is 2.06 bits per heavy atom. The monoisotopic (exact) mass is 479 g/mol. The van der Waals surface area contributed by atoms with Gasteiger partial charge >= 0.3 is 6.18 Å². The van der Waals surface area contributed by atoms with Crippen molar-refractivity contribution in [2.45, 2.75) is 74.7 Å². The highest BCUT2D eigenvalue weighted by Gasteiger charge is 2.51. The number of halogens is 4. The van der Waals surface area contributed by atoms with Crippen LogP contribution in [-0.2, 0) is 11.0 Å². The normalized spacial score (nSPS) is 25.0. The lowest BCUT2D eigenvalue weighted by Crippen LogP contribution is -2.47. The summed E-state index contributed by atoms with van der Waals surface area (Å²) in [7, 11) is 0. The van der Waals surface area contributed by atoms with Crippen molar-refractivity contribution in [3.63, 3.8) is 0 Å². The van der Waals surface area contributed by atoms with E-state index in [-0.39, 0.29) is 41.5 Å². The van der Waals surface area contributed by atoms with Gasteiger partial charge in [0.1, 0.15) is 5.82 Å². The van der Waals surface area contributed by atoms with Gasteiger partial charge in [-0.2, -0.15) is 13.2 Å². The quantitative estimate of drug-likeness (QED) is 0.569. The van der Waals surface area contributed by atoms with E-state index in [1.54, 1.807) is 18.2 Å². The maximum Gasteiger partial charge on any atom is 0.421 e. The summed E-state index contributed by atoms with van der Waals surface area (Å²) in [4.78, 5) is 15.2. The number of nitrogens with zero attached hydrogens (tertiary/aromatic N) is 1. The highest BCUT2D eigenvalue weighted by Crippen LogP contribution is 2.44. The molecule has 1 amide bonds. The Kier molecular flexibility index (Phi) is 6.50. The van der Waals surface area contributed by atoms with Gasteiger partial charge in [0.25, 0.3) is 5.91 Å². The van der Waals surface area contributed by atoms with Crippen molar-refractivity contribution < 1.29 is 32.6 Å². The fourth-order valence-electron chi connectivity index (χ4n) is 5.07. The number of hydrogen-bond donors (Lipinski definition) is 2. The van der Waals surface area contributed by atoms with E-state index in [9.17, 15) is 32.6 Å². The molecule has 2 fully saturated rings. The van der Waals surface area contributed by atoms with Gasteiger partial charge in [-0.25, -0.2) is 4.39 Å². The van der Waals surface area contributed by atoms with Crippen LogP contribution in [0.2, 0.25) is 0 Å². The maximum atomic E-state index is 14.5. The van der Waals surface area contributed by atoms with Crippen molar-refractivity contribution >= 4 is 5.91 Å². The lowest BCUT2D eigenvalue weighted by molar-refractivity contribution is -0.258. The molecule has 2 aromatic carbocycles. The van der Waals surface area contributed by atoms with Crippen LogP contribution in [0.25, 0.3) is 0 Å². The first-order valence-electron chi connectivity index (χ1n) is 11.6. The summed E-state index contributed by atoms with van der Waals surface area (Å²) in [6.07, 6.45) is -0.866. The molecule has 0 spiro atoms. The van der Waals surface area contributed by atoms with Gasteiger partial charge in [-0.3, -0.25) is 4.79 Å². The van der Waals surface area contributed by atoms with Crippen LogP contribution in [0, 0.1) is 5.82 Å². The molecule has 184 valence electrons. The number of aliphatic hydroxyl groups is 2. The summed E-state index contributed by atoms with van der Waals surface area (Å²) in [6, 6.07) is 11.4. The van der Waals surface area contributed by atoms with Gasteiger partial charge < -0.3 is 15.1 Å². The number of alkyl halides is 3. The molecule has 4 rings (SSSR count). The number of carbonyl (C=O) groups excluding carboxylic acids is 1. The van der Waals surface area contributed by atoms with Gasteiger partial charge in [0.2, 0.25) is 0 Å². The third-order valence-electron chi connectivity index (χ3n) is 7.47. The van der Waals surface area contributed by atoms with Crippen LogP contribution in [0.4, 0.5) is 17.6 Å². The number of aliphatic hydroxyl groups excluding tert-OH is 1. The largest absolute Gasteiger partial charge is 0.421 e. The fourth-order valence-corrected chi connectivity index (χ4v) is 5.07. The summed E-state index contributed by atoms with van der Waals surface area (Å²) in [5, 5.41) is 20.0. The van der Waals surface area contributed by atoms with Crippen molar-refractivity contribution in [2.75, 3.05) is 6.61 Å². The van der Waals surface area contributed by atoms with Crippen LogP contribution in [-0.4, -0.2) is 45.9 Å². The van der Waals surface area contributed by atoms with Crippen LogP contribution in [0.15, 0.2) is 48.5 Å². The third-order valence-corrected chi connectivity index (χ3v) is 7.47. The van der Waals surface area contributed by atoms with Crippen LogP contribution in [0.3, 0.4) is 0 Å². The van der Waals surface area contributed by atoms with Crippen molar-refractivity contribution in [1.82, 2.24) is 4.90 Å². The molecule has 34 heavy (non-hydrogen) atoms. The van der Waals surface area contributed by atoms with Crippen molar-refractivity contribution in [2.24, 2.45) is 0 Å². The Bertz CT molecular complexity index is 1020. The first kappa shape index (κ1) is 24.7. The molecule has 0 heterocycles. The minimum atomic E-state index is -4.84. The predicted molar refractivity (Wildman–Crippen MR) is 119 cm³/mol. The predicted octanol–water partition coefficient (Wildman–Crippen LogP) is 5.07. The molecule has 0 aromatic heterocycles. The molecule has 0 saturated heterocycles. The second-order valence-corrected chi connectivity index (χ2v) is 9.74. The Labute approximate surface area is 196 Å². The smallest absolute Gasteiger partial charge is 0.395 e. The molecule has 8 heteroatoms. The van der Waals surface area contributed by atoms with E-state index in [1.165, 1.54) is 18.2 Å². The van der Waals surface area contributed by atoms with Crippen LogP contribution in [0.5, 0.6) is 0 Å². The zero-order chi connectivity index (χ0) is 24.7.